The number of aromatic nitrogens is 3. The molecule has 2 aliphatic heterocycles. The van der Waals surface area contributed by atoms with E-state index in [-0.39, 0.29) is 75.1 Å². The van der Waals surface area contributed by atoms with Gasteiger partial charge in [0.15, 0.2) is 0 Å². The quantitative estimate of drug-likeness (QED) is 0.195. The van der Waals surface area contributed by atoms with Crippen LogP contribution in [0.5, 0.6) is 0 Å². The molecule has 0 radical (unpaired) electrons. The molecule has 0 spiro atoms. The number of piperidine rings is 1. The van der Waals surface area contributed by atoms with Crippen molar-refractivity contribution in [2.45, 2.75) is 44.2 Å². The summed E-state index contributed by atoms with van der Waals surface area (Å²) in [4.78, 5) is 39.5. The van der Waals surface area contributed by atoms with Crippen LogP contribution in [0.4, 0.5) is 62.8 Å². The maximum atomic E-state index is 13.8. The number of rotatable bonds is 5. The van der Waals surface area contributed by atoms with Gasteiger partial charge in [0.25, 0.3) is 0 Å². The lowest BCUT2D eigenvalue weighted by atomic mass is 9.97. The predicted octanol–water partition coefficient (Wildman–Crippen LogP) is 6.11. The summed E-state index contributed by atoms with van der Waals surface area (Å²) in [5.41, 5.74) is -0.585. The van der Waals surface area contributed by atoms with Crippen LogP contribution in [-0.4, -0.2) is 59.2 Å². The summed E-state index contributed by atoms with van der Waals surface area (Å²) in [5, 5.41) is 2.99. The molecule has 2 aromatic heterocycles. The Morgan fingerprint density at radius 2 is 1.47 bits per heavy atom. The molecule has 0 saturated carbocycles. The van der Waals surface area contributed by atoms with E-state index in [1.165, 1.54) is 29.3 Å². The highest BCUT2D eigenvalue weighted by molar-refractivity contribution is 5.89. The van der Waals surface area contributed by atoms with Gasteiger partial charge >= 0.3 is 30.5 Å². The van der Waals surface area contributed by atoms with Crippen molar-refractivity contribution in [3.05, 3.63) is 65.0 Å². The van der Waals surface area contributed by atoms with Crippen LogP contribution in [0.15, 0.2) is 42.6 Å². The van der Waals surface area contributed by atoms with E-state index in [4.69, 9.17) is 0 Å². The summed E-state index contributed by atoms with van der Waals surface area (Å²) in [6, 6.07) is 6.25. The lowest BCUT2D eigenvalue weighted by Gasteiger charge is -2.31. The number of nitrogens with one attached hydrogen (secondary N) is 1. The number of benzene rings is 1. The van der Waals surface area contributed by atoms with E-state index in [9.17, 15) is 49.1 Å². The fraction of sp³-hybridized carbons (Fsp3) is 0.414. The van der Waals surface area contributed by atoms with Gasteiger partial charge in [0.1, 0.15) is 11.6 Å². The number of nitrogens with zero attached hydrogens (tertiary/aromatic N) is 5. The molecule has 0 unspecified atom stereocenters. The normalized spacial score (nSPS) is 16.4. The molecule has 1 fully saturated rings. The van der Waals surface area contributed by atoms with Crippen molar-refractivity contribution in [3.8, 4) is 0 Å². The second-order valence-electron chi connectivity index (χ2n) is 10.8. The van der Waals surface area contributed by atoms with Crippen LogP contribution in [0.3, 0.4) is 0 Å². The minimum absolute atomic E-state index is 0.000243. The summed E-state index contributed by atoms with van der Waals surface area (Å²) >= 11 is 0. The number of alkyl halides is 9. The van der Waals surface area contributed by atoms with Crippen LogP contribution >= 0.6 is 0 Å². The summed E-state index contributed by atoms with van der Waals surface area (Å²) in [7, 11) is 0. The predicted molar refractivity (Wildman–Crippen MR) is 148 cm³/mol. The zero-order valence-corrected chi connectivity index (χ0v) is 24.1. The molecule has 1 N–H and O–H groups in total. The van der Waals surface area contributed by atoms with Gasteiger partial charge in [-0.2, -0.15) is 44.5 Å². The summed E-state index contributed by atoms with van der Waals surface area (Å²) in [6.07, 6.45) is -13.0. The minimum Gasteiger partial charge on any atom is -0.386 e. The number of halogens is 9. The molecule has 4 heterocycles. The van der Waals surface area contributed by atoms with Gasteiger partial charge in [-0.15, -0.1) is 0 Å². The van der Waals surface area contributed by atoms with Crippen LogP contribution in [0.2, 0.25) is 0 Å². The third-order valence-electron chi connectivity index (χ3n) is 7.73. The number of carbonyl (C=O) groups is 2. The van der Waals surface area contributed by atoms with Crippen molar-refractivity contribution in [2.75, 3.05) is 41.3 Å². The third-order valence-corrected chi connectivity index (χ3v) is 7.73. The fourth-order valence-corrected chi connectivity index (χ4v) is 5.34. The van der Waals surface area contributed by atoms with Gasteiger partial charge in [0.05, 0.1) is 22.7 Å². The number of anilines is 4. The van der Waals surface area contributed by atoms with Crippen molar-refractivity contribution in [1.82, 2.24) is 15.0 Å². The minimum atomic E-state index is -5.33. The number of carbonyl (C=O) groups excluding carboxylic acids is 2. The molecule has 1 saturated heterocycles. The first-order chi connectivity index (χ1) is 22.0. The lowest BCUT2D eigenvalue weighted by molar-refractivity contribution is -0.203. The first-order valence-electron chi connectivity index (χ1n) is 14.2. The van der Waals surface area contributed by atoms with Gasteiger partial charge in [-0.05, 0) is 55.7 Å². The molecule has 0 bridgehead atoms. The number of hydrogen-bond acceptors (Lipinski definition) is 9. The monoisotopic (exact) mass is 676 g/mol. The average Bonchev–Trinajstić information content (AvgIpc) is 3.23. The molecule has 0 aliphatic carbocycles. The average molecular weight is 677 g/mol. The highest BCUT2D eigenvalue weighted by Crippen LogP contribution is 2.37. The van der Waals surface area contributed by atoms with Crippen LogP contribution in [0.1, 0.15) is 35.2 Å². The highest BCUT2D eigenvalue weighted by Gasteiger charge is 2.44. The standard InChI is InChI=1S/C29H25F9N6O3/c30-27(31,32)17-3-5-18(6-4-17)40-22-19-9-14-43(23-20(28(33,34)35)2-1-11-39-23)15-10-21(19)41-26(42-22)44-12-7-16(8-13-44)24(45)47-25(46)29(36,37)38/h1-6,11,16H,7-10,12-15H2,(H,40,41,42). The van der Waals surface area contributed by atoms with Crippen LogP contribution in [0, 0.1) is 5.92 Å². The van der Waals surface area contributed by atoms with Crippen LogP contribution in [0.25, 0.3) is 0 Å². The van der Waals surface area contributed by atoms with Crippen molar-refractivity contribution in [3.63, 3.8) is 0 Å². The van der Waals surface area contributed by atoms with Gasteiger partial charge in [-0.3, -0.25) is 4.79 Å². The number of pyridine rings is 1. The van der Waals surface area contributed by atoms with Gasteiger partial charge in [0, 0.05) is 50.0 Å². The molecule has 3 aromatic rings. The molecule has 2 aliphatic rings. The Kier molecular flexibility index (Phi) is 9.23. The first kappa shape index (κ1) is 33.7. The van der Waals surface area contributed by atoms with Gasteiger partial charge in [0.2, 0.25) is 5.95 Å². The van der Waals surface area contributed by atoms with Gasteiger partial charge in [-0.1, -0.05) is 0 Å². The summed E-state index contributed by atoms with van der Waals surface area (Å²) < 4.78 is 122. The second-order valence-corrected chi connectivity index (χ2v) is 10.8. The molecular formula is C29H25F9N6O3. The van der Waals surface area contributed by atoms with E-state index in [1.807, 2.05) is 0 Å². The van der Waals surface area contributed by atoms with E-state index in [1.54, 1.807) is 4.90 Å². The van der Waals surface area contributed by atoms with E-state index < -0.39 is 47.5 Å². The Morgan fingerprint density at radius 3 is 2.09 bits per heavy atom. The molecule has 47 heavy (non-hydrogen) atoms. The molecule has 9 nitrogen and oxygen atoms in total. The Hall–Kier alpha value is -4.64. The molecule has 0 amide bonds. The summed E-state index contributed by atoms with van der Waals surface area (Å²) in [6.45, 7) is 0.326. The molecule has 0 atom stereocenters. The highest BCUT2D eigenvalue weighted by atomic mass is 19.4. The SMILES string of the molecule is O=C(OC(=O)C(F)(F)F)C1CCN(c2nc3c(c(Nc4ccc(C(F)(F)F)cc4)n2)CCN(c2ncccc2C(F)(F)F)CC3)CC1. The number of ether oxygens (including phenoxy) is 1. The van der Waals surface area contributed by atoms with Crippen molar-refractivity contribution in [2.24, 2.45) is 5.92 Å². The maximum absolute atomic E-state index is 13.8. The van der Waals surface area contributed by atoms with Gasteiger partial charge in [-0.25, -0.2) is 14.8 Å². The Bertz CT molecular complexity index is 1620. The van der Waals surface area contributed by atoms with E-state index >= 15 is 0 Å². The second kappa shape index (κ2) is 12.9. The molecular weight excluding hydrogens is 651 g/mol. The largest absolute Gasteiger partial charge is 0.491 e. The molecule has 18 heteroatoms. The molecule has 1 aromatic carbocycles. The Balaban J connectivity index is 1.41. The molecule has 252 valence electrons. The van der Waals surface area contributed by atoms with Gasteiger partial charge < -0.3 is 19.9 Å². The fourth-order valence-electron chi connectivity index (χ4n) is 5.34. The lowest BCUT2D eigenvalue weighted by Crippen LogP contribution is -2.39. The summed E-state index contributed by atoms with van der Waals surface area (Å²) in [5.74, 6) is -4.87. The maximum Gasteiger partial charge on any atom is 0.491 e. The van der Waals surface area contributed by atoms with Crippen LogP contribution < -0.4 is 15.1 Å². The zero-order chi connectivity index (χ0) is 34.1. The van der Waals surface area contributed by atoms with Crippen molar-refractivity contribution >= 4 is 35.2 Å². The first-order valence-corrected chi connectivity index (χ1v) is 14.2. The zero-order valence-electron chi connectivity index (χ0n) is 24.1. The molecule has 5 rings (SSSR count). The van der Waals surface area contributed by atoms with Crippen molar-refractivity contribution < 1.29 is 53.8 Å². The van der Waals surface area contributed by atoms with Crippen molar-refractivity contribution in [1.29, 1.82) is 0 Å². The number of fused-ring (bicyclic) bond motifs is 1. The van der Waals surface area contributed by atoms with E-state index in [0.717, 1.165) is 18.2 Å². The number of esters is 2. The smallest absolute Gasteiger partial charge is 0.386 e. The van der Waals surface area contributed by atoms with E-state index in [2.05, 4.69) is 25.0 Å². The van der Waals surface area contributed by atoms with Crippen LogP contribution in [-0.2, 0) is 39.5 Å². The third kappa shape index (κ3) is 7.85. The Labute approximate surface area is 260 Å². The van der Waals surface area contributed by atoms with E-state index in [0.29, 0.717) is 11.3 Å². The Morgan fingerprint density at radius 1 is 0.809 bits per heavy atom. The number of hydrogen-bond donors (Lipinski definition) is 1. The topological polar surface area (TPSA) is 101 Å².